The molecule has 0 saturated carbocycles. The summed E-state index contributed by atoms with van der Waals surface area (Å²) in [5.74, 6) is -0.794. The van der Waals surface area contributed by atoms with Crippen LogP contribution in [0.3, 0.4) is 0 Å². The molecule has 1 atom stereocenters. The van der Waals surface area contributed by atoms with Crippen LogP contribution in [0.2, 0.25) is 0 Å². The largest absolute Gasteiger partial charge is 0.397 e. The van der Waals surface area contributed by atoms with Gasteiger partial charge in [-0.15, -0.1) is 0 Å². The standard InChI is InChI=1S/C23H29F3N6O2/c1-13(33)32-7-5-19(30-15-6-8-34-12-15)17(11-32)23(28)31-20-4-3-14(9-18(20)24)16(10-29-2)21(27)22(25)26/h3-4,9-10,15,22,30H,5-8,11-12,27H2,1-2H3,(H2,28,31). The van der Waals surface area contributed by atoms with Gasteiger partial charge in [0.2, 0.25) is 5.91 Å². The highest BCUT2D eigenvalue weighted by atomic mass is 19.3. The number of carbonyl (C=O) groups excluding carboxylic acids is 1. The monoisotopic (exact) mass is 478 g/mol. The van der Waals surface area contributed by atoms with Gasteiger partial charge in [0, 0.05) is 56.6 Å². The van der Waals surface area contributed by atoms with E-state index in [0.29, 0.717) is 31.8 Å². The summed E-state index contributed by atoms with van der Waals surface area (Å²) in [7, 11) is 1.40. The molecule has 1 saturated heterocycles. The number of nitrogens with zero attached hydrogens (tertiary/aromatic N) is 3. The number of allylic oxidation sites excluding steroid dienone is 2. The first-order valence-electron chi connectivity index (χ1n) is 10.9. The Bertz CT molecular complexity index is 1050. The number of rotatable bonds is 7. The molecule has 2 aliphatic heterocycles. The molecule has 1 fully saturated rings. The number of amides is 1. The summed E-state index contributed by atoms with van der Waals surface area (Å²) < 4.78 is 46.5. The molecule has 0 aliphatic carbocycles. The molecular formula is C23H29F3N6O2. The highest BCUT2D eigenvalue weighted by Crippen LogP contribution is 2.26. The first-order valence-corrected chi connectivity index (χ1v) is 10.9. The fraction of sp³-hybridized carbons (Fsp3) is 0.435. The fourth-order valence-electron chi connectivity index (χ4n) is 3.85. The van der Waals surface area contributed by atoms with Crippen LogP contribution in [-0.2, 0) is 9.53 Å². The van der Waals surface area contributed by atoms with Crippen LogP contribution in [0.15, 0.2) is 45.2 Å². The molecule has 0 spiro atoms. The van der Waals surface area contributed by atoms with Gasteiger partial charge in [0.05, 0.1) is 24.9 Å². The first-order chi connectivity index (χ1) is 16.2. The van der Waals surface area contributed by atoms with Gasteiger partial charge < -0.3 is 26.4 Å². The van der Waals surface area contributed by atoms with E-state index in [4.69, 9.17) is 16.2 Å². The Kier molecular flexibility index (Phi) is 8.32. The van der Waals surface area contributed by atoms with E-state index in [1.54, 1.807) is 4.90 Å². The number of carbonyl (C=O) groups is 1. The average molecular weight is 479 g/mol. The highest BCUT2D eigenvalue weighted by molar-refractivity contribution is 6.11. The van der Waals surface area contributed by atoms with E-state index in [0.717, 1.165) is 24.4 Å². The molecule has 0 radical (unpaired) electrons. The van der Waals surface area contributed by atoms with Crippen molar-refractivity contribution >= 4 is 29.2 Å². The van der Waals surface area contributed by atoms with Crippen molar-refractivity contribution in [3.8, 4) is 0 Å². The molecule has 34 heavy (non-hydrogen) atoms. The third-order valence-corrected chi connectivity index (χ3v) is 5.71. The Morgan fingerprint density at radius 1 is 1.35 bits per heavy atom. The molecule has 184 valence electrons. The number of aliphatic imine (C=N–C) groups is 2. The predicted octanol–water partition coefficient (Wildman–Crippen LogP) is 2.33. The first kappa shape index (κ1) is 25.3. The van der Waals surface area contributed by atoms with Gasteiger partial charge in [-0.2, -0.15) is 0 Å². The number of hydrogen-bond acceptors (Lipinski definition) is 6. The van der Waals surface area contributed by atoms with Crippen LogP contribution in [0.1, 0.15) is 25.3 Å². The summed E-state index contributed by atoms with van der Waals surface area (Å²) in [6.07, 6.45) is -0.357. The van der Waals surface area contributed by atoms with Crippen molar-refractivity contribution in [1.82, 2.24) is 10.2 Å². The van der Waals surface area contributed by atoms with E-state index >= 15 is 0 Å². The van der Waals surface area contributed by atoms with Crippen LogP contribution in [0, 0.1) is 5.82 Å². The molecule has 11 heteroatoms. The van der Waals surface area contributed by atoms with Gasteiger partial charge in [-0.25, -0.2) is 18.2 Å². The van der Waals surface area contributed by atoms with E-state index < -0.39 is 17.9 Å². The average Bonchev–Trinajstić information content (AvgIpc) is 3.31. The van der Waals surface area contributed by atoms with Crippen molar-refractivity contribution in [2.75, 3.05) is 33.4 Å². The predicted molar refractivity (Wildman–Crippen MR) is 125 cm³/mol. The molecule has 1 unspecified atom stereocenters. The lowest BCUT2D eigenvalue weighted by Crippen LogP contribution is -2.43. The normalized spacial score (nSPS) is 20.4. The van der Waals surface area contributed by atoms with E-state index in [-0.39, 0.29) is 41.2 Å². The van der Waals surface area contributed by atoms with Gasteiger partial charge in [-0.3, -0.25) is 9.79 Å². The third kappa shape index (κ3) is 5.96. The Hall–Kier alpha value is -3.34. The summed E-state index contributed by atoms with van der Waals surface area (Å²) in [5.41, 5.74) is 12.5. The van der Waals surface area contributed by atoms with Gasteiger partial charge >= 0.3 is 0 Å². The summed E-state index contributed by atoms with van der Waals surface area (Å²) >= 11 is 0. The molecule has 1 aromatic carbocycles. The molecule has 2 heterocycles. The zero-order chi connectivity index (χ0) is 24.8. The quantitative estimate of drug-likeness (QED) is 0.411. The second-order valence-electron chi connectivity index (χ2n) is 8.07. The molecule has 2 aliphatic rings. The van der Waals surface area contributed by atoms with Gasteiger partial charge in [0.1, 0.15) is 17.3 Å². The minimum Gasteiger partial charge on any atom is -0.397 e. The third-order valence-electron chi connectivity index (χ3n) is 5.71. The van der Waals surface area contributed by atoms with Crippen molar-refractivity contribution in [2.24, 2.45) is 21.5 Å². The van der Waals surface area contributed by atoms with E-state index in [2.05, 4.69) is 15.3 Å². The number of benzene rings is 1. The maximum Gasteiger partial charge on any atom is 0.278 e. The molecule has 0 aromatic heterocycles. The lowest BCUT2D eigenvalue weighted by molar-refractivity contribution is -0.128. The lowest BCUT2D eigenvalue weighted by Gasteiger charge is -2.31. The smallest absolute Gasteiger partial charge is 0.278 e. The molecule has 1 aromatic rings. The van der Waals surface area contributed by atoms with Crippen LogP contribution in [-0.4, -0.2) is 68.7 Å². The number of amidine groups is 1. The van der Waals surface area contributed by atoms with Crippen LogP contribution in [0.25, 0.3) is 5.57 Å². The molecule has 1 amide bonds. The fourth-order valence-corrected chi connectivity index (χ4v) is 3.85. The number of halogens is 3. The van der Waals surface area contributed by atoms with Crippen molar-refractivity contribution in [3.63, 3.8) is 0 Å². The van der Waals surface area contributed by atoms with Crippen molar-refractivity contribution < 1.29 is 22.7 Å². The Morgan fingerprint density at radius 3 is 2.71 bits per heavy atom. The SMILES string of the molecule is CN=CC(=C(N)C(F)F)c1ccc(N=C(N)C2=C(NC3CCOC3)CCN(C(C)=O)C2)c(F)c1. The summed E-state index contributed by atoms with van der Waals surface area (Å²) in [6.45, 7) is 3.48. The Morgan fingerprint density at radius 2 is 2.12 bits per heavy atom. The zero-order valence-electron chi connectivity index (χ0n) is 19.2. The molecular weight excluding hydrogens is 449 g/mol. The van der Waals surface area contributed by atoms with E-state index in [1.165, 1.54) is 26.1 Å². The molecule has 5 N–H and O–H groups in total. The van der Waals surface area contributed by atoms with Gasteiger partial charge in [0.25, 0.3) is 6.43 Å². The second kappa shape index (κ2) is 11.2. The number of alkyl halides is 2. The highest BCUT2D eigenvalue weighted by Gasteiger charge is 2.26. The Labute approximate surface area is 196 Å². The van der Waals surface area contributed by atoms with Crippen molar-refractivity contribution in [2.45, 2.75) is 32.2 Å². The summed E-state index contributed by atoms with van der Waals surface area (Å²) in [4.78, 5) is 21.6. The zero-order valence-corrected chi connectivity index (χ0v) is 19.2. The molecule has 0 bridgehead atoms. The molecule has 3 rings (SSSR count). The van der Waals surface area contributed by atoms with Crippen LogP contribution >= 0.6 is 0 Å². The number of nitrogens with one attached hydrogen (secondary N) is 1. The maximum absolute atomic E-state index is 14.9. The summed E-state index contributed by atoms with van der Waals surface area (Å²) in [5, 5.41) is 3.43. The van der Waals surface area contributed by atoms with Crippen molar-refractivity contribution in [1.29, 1.82) is 0 Å². The maximum atomic E-state index is 14.9. The Balaban J connectivity index is 1.95. The minimum atomic E-state index is -2.91. The minimum absolute atomic E-state index is 0.0667. The number of hydrogen-bond donors (Lipinski definition) is 3. The van der Waals surface area contributed by atoms with Crippen LogP contribution in [0.4, 0.5) is 18.9 Å². The van der Waals surface area contributed by atoms with Gasteiger partial charge in [-0.1, -0.05) is 6.07 Å². The van der Waals surface area contributed by atoms with Crippen LogP contribution in [0.5, 0.6) is 0 Å². The van der Waals surface area contributed by atoms with Crippen LogP contribution < -0.4 is 16.8 Å². The van der Waals surface area contributed by atoms with Gasteiger partial charge in [-0.05, 0) is 24.1 Å². The topological polar surface area (TPSA) is 118 Å². The van der Waals surface area contributed by atoms with E-state index in [9.17, 15) is 18.0 Å². The number of ether oxygens (including phenoxy) is 1. The second-order valence-corrected chi connectivity index (χ2v) is 8.07. The lowest BCUT2D eigenvalue weighted by atomic mass is 10.0. The van der Waals surface area contributed by atoms with E-state index in [1.807, 2.05) is 0 Å². The van der Waals surface area contributed by atoms with Gasteiger partial charge in [0.15, 0.2) is 0 Å². The molecule has 8 nitrogen and oxygen atoms in total. The summed E-state index contributed by atoms with van der Waals surface area (Å²) in [6, 6.07) is 3.95. The number of nitrogens with two attached hydrogens (primary N) is 2. The van der Waals surface area contributed by atoms with Crippen molar-refractivity contribution in [3.05, 3.63) is 46.5 Å².